The van der Waals surface area contributed by atoms with Crippen molar-refractivity contribution >= 4 is 17.5 Å². The molecule has 1 heterocycles. The van der Waals surface area contributed by atoms with Crippen molar-refractivity contribution in [1.82, 2.24) is 4.90 Å². The van der Waals surface area contributed by atoms with Crippen LogP contribution in [0.25, 0.3) is 0 Å². The monoisotopic (exact) mass is 308 g/mol. The lowest BCUT2D eigenvalue weighted by molar-refractivity contribution is 0.0605. The van der Waals surface area contributed by atoms with Gasteiger partial charge in [0.1, 0.15) is 0 Å². The molecule has 0 aliphatic carbocycles. The molecule has 1 aliphatic rings. The maximum Gasteiger partial charge on any atom is 0.261 e. The molecule has 2 amide bonds. The highest BCUT2D eigenvalue weighted by molar-refractivity contribution is 6.21. The lowest BCUT2D eigenvalue weighted by Crippen LogP contribution is -2.42. The molecule has 2 aromatic carbocycles. The number of nitrogens with one attached hydrogen (secondary N) is 1. The minimum Gasteiger partial charge on any atom is -0.383 e. The number of nitrogens with zero attached hydrogens (tertiary/aromatic N) is 1. The zero-order valence-electron chi connectivity index (χ0n) is 13.6. The number of rotatable bonds is 4. The number of carbonyl (C=O) groups is 2. The summed E-state index contributed by atoms with van der Waals surface area (Å²) < 4.78 is 0. The third kappa shape index (κ3) is 2.61. The van der Waals surface area contributed by atoms with Crippen LogP contribution in [0.4, 0.5) is 5.69 Å². The predicted octanol–water partition coefficient (Wildman–Crippen LogP) is 3.40. The molecule has 4 heteroatoms. The number of benzene rings is 2. The van der Waals surface area contributed by atoms with Crippen LogP contribution in [0, 0.1) is 13.8 Å². The number of amides is 2. The van der Waals surface area contributed by atoms with Gasteiger partial charge in [-0.1, -0.05) is 30.3 Å². The number of para-hydroxylation sites is 1. The molecule has 0 saturated carbocycles. The van der Waals surface area contributed by atoms with E-state index in [4.69, 9.17) is 0 Å². The normalized spacial score (nSPS) is 14.8. The smallest absolute Gasteiger partial charge is 0.261 e. The number of imide groups is 1. The quantitative estimate of drug-likeness (QED) is 0.881. The lowest BCUT2D eigenvalue weighted by Gasteiger charge is -2.24. The minimum absolute atomic E-state index is 0.207. The molecule has 3 rings (SSSR count). The Kier molecular flexibility index (Phi) is 3.90. The second-order valence-electron chi connectivity index (χ2n) is 6.02. The lowest BCUT2D eigenvalue weighted by atomic mass is 10.1. The number of anilines is 1. The second-order valence-corrected chi connectivity index (χ2v) is 6.02. The van der Waals surface area contributed by atoms with Crippen molar-refractivity contribution in [3.05, 3.63) is 64.7 Å². The van der Waals surface area contributed by atoms with Gasteiger partial charge in [-0.2, -0.15) is 0 Å². The Balaban J connectivity index is 1.76. The third-order valence-electron chi connectivity index (χ3n) is 4.32. The van der Waals surface area contributed by atoms with Crippen LogP contribution in [0.15, 0.2) is 42.5 Å². The van der Waals surface area contributed by atoms with Crippen LogP contribution in [-0.4, -0.2) is 29.3 Å². The summed E-state index contributed by atoms with van der Waals surface area (Å²) in [6.07, 6.45) is 0. The zero-order chi connectivity index (χ0) is 16.6. The molecular weight excluding hydrogens is 288 g/mol. The largest absolute Gasteiger partial charge is 0.383 e. The Morgan fingerprint density at radius 1 is 0.913 bits per heavy atom. The highest BCUT2D eigenvalue weighted by atomic mass is 16.2. The number of fused-ring (bicyclic) bond motifs is 1. The molecule has 0 aromatic heterocycles. The summed E-state index contributed by atoms with van der Waals surface area (Å²) >= 11 is 0. The summed E-state index contributed by atoms with van der Waals surface area (Å²) in [5, 5.41) is 3.38. The van der Waals surface area contributed by atoms with Crippen molar-refractivity contribution in [2.24, 2.45) is 0 Å². The summed E-state index contributed by atoms with van der Waals surface area (Å²) in [6, 6.07) is 12.9. The Labute approximate surface area is 136 Å². The molecule has 0 radical (unpaired) electrons. The first kappa shape index (κ1) is 15.3. The van der Waals surface area contributed by atoms with E-state index in [0.29, 0.717) is 17.7 Å². The molecule has 2 aromatic rings. The summed E-state index contributed by atoms with van der Waals surface area (Å²) in [4.78, 5) is 26.3. The average molecular weight is 308 g/mol. The molecule has 1 unspecified atom stereocenters. The molecule has 0 saturated heterocycles. The zero-order valence-corrected chi connectivity index (χ0v) is 13.6. The molecule has 1 N–H and O–H groups in total. The molecule has 1 atom stereocenters. The first-order valence-electron chi connectivity index (χ1n) is 7.77. The van der Waals surface area contributed by atoms with E-state index in [1.807, 2.05) is 39.0 Å². The van der Waals surface area contributed by atoms with Crippen LogP contribution in [0.1, 0.15) is 38.8 Å². The Bertz CT molecular complexity index is 727. The molecule has 0 bridgehead atoms. The second kappa shape index (κ2) is 5.88. The summed E-state index contributed by atoms with van der Waals surface area (Å²) in [5.41, 5.74) is 4.36. The van der Waals surface area contributed by atoms with Crippen molar-refractivity contribution in [2.45, 2.75) is 26.8 Å². The summed E-state index contributed by atoms with van der Waals surface area (Å²) in [7, 11) is 0. The number of carbonyl (C=O) groups excluding carboxylic acids is 2. The van der Waals surface area contributed by atoms with Gasteiger partial charge in [-0.3, -0.25) is 14.5 Å². The maximum absolute atomic E-state index is 12.5. The summed E-state index contributed by atoms with van der Waals surface area (Å²) in [5.74, 6) is -0.414. The van der Waals surface area contributed by atoms with Gasteiger partial charge in [0, 0.05) is 12.2 Å². The van der Waals surface area contributed by atoms with Crippen LogP contribution < -0.4 is 5.32 Å². The van der Waals surface area contributed by atoms with E-state index >= 15 is 0 Å². The van der Waals surface area contributed by atoms with E-state index in [-0.39, 0.29) is 17.9 Å². The fourth-order valence-corrected chi connectivity index (χ4v) is 3.04. The van der Waals surface area contributed by atoms with E-state index in [1.54, 1.807) is 24.3 Å². The molecule has 4 nitrogen and oxygen atoms in total. The van der Waals surface area contributed by atoms with Crippen molar-refractivity contribution in [3.8, 4) is 0 Å². The molecular formula is C19H20N2O2. The van der Waals surface area contributed by atoms with Gasteiger partial charge in [-0.15, -0.1) is 0 Å². The molecule has 118 valence electrons. The minimum atomic E-state index is -0.221. The highest BCUT2D eigenvalue weighted by Gasteiger charge is 2.37. The van der Waals surface area contributed by atoms with Gasteiger partial charge in [0.25, 0.3) is 11.8 Å². The Morgan fingerprint density at radius 3 is 1.96 bits per heavy atom. The van der Waals surface area contributed by atoms with Gasteiger partial charge in [0.2, 0.25) is 0 Å². The van der Waals surface area contributed by atoms with Crippen LogP contribution >= 0.6 is 0 Å². The number of hydrogen-bond acceptors (Lipinski definition) is 3. The fourth-order valence-electron chi connectivity index (χ4n) is 3.04. The van der Waals surface area contributed by atoms with Gasteiger partial charge < -0.3 is 5.32 Å². The van der Waals surface area contributed by atoms with Crippen LogP contribution in [0.5, 0.6) is 0 Å². The first-order valence-corrected chi connectivity index (χ1v) is 7.77. The molecule has 23 heavy (non-hydrogen) atoms. The van der Waals surface area contributed by atoms with Crippen molar-refractivity contribution in [3.63, 3.8) is 0 Å². The summed E-state index contributed by atoms with van der Waals surface area (Å²) in [6.45, 7) is 6.50. The van der Waals surface area contributed by atoms with Crippen molar-refractivity contribution < 1.29 is 9.59 Å². The standard InChI is InChI=1S/C19H20N2O2/c1-12-7-6-8-13(2)17(12)20-11-14(3)21-18(22)15-9-4-5-10-16(15)19(21)23/h4-10,14,20H,11H2,1-3H3. The molecule has 0 fully saturated rings. The van der Waals surface area contributed by atoms with E-state index in [2.05, 4.69) is 5.32 Å². The van der Waals surface area contributed by atoms with Gasteiger partial charge >= 0.3 is 0 Å². The fraction of sp³-hybridized carbons (Fsp3) is 0.263. The first-order chi connectivity index (χ1) is 11.0. The SMILES string of the molecule is Cc1cccc(C)c1NCC(C)N1C(=O)c2ccccc2C1=O. The number of hydrogen-bond donors (Lipinski definition) is 1. The molecule has 1 aliphatic heterocycles. The third-order valence-corrected chi connectivity index (χ3v) is 4.32. The van der Waals surface area contributed by atoms with Crippen molar-refractivity contribution in [1.29, 1.82) is 0 Å². The number of aryl methyl sites for hydroxylation is 2. The van der Waals surface area contributed by atoms with Crippen LogP contribution in [-0.2, 0) is 0 Å². The topological polar surface area (TPSA) is 49.4 Å². The molecule has 0 spiro atoms. The van der Waals surface area contributed by atoms with E-state index in [0.717, 1.165) is 16.8 Å². The Hall–Kier alpha value is -2.62. The average Bonchev–Trinajstić information content (AvgIpc) is 2.79. The van der Waals surface area contributed by atoms with Crippen LogP contribution in [0.3, 0.4) is 0 Å². The Morgan fingerprint density at radius 2 is 1.43 bits per heavy atom. The van der Waals surface area contributed by atoms with Gasteiger partial charge in [0.05, 0.1) is 17.2 Å². The van der Waals surface area contributed by atoms with E-state index in [9.17, 15) is 9.59 Å². The van der Waals surface area contributed by atoms with Gasteiger partial charge in [-0.05, 0) is 44.0 Å². The van der Waals surface area contributed by atoms with Gasteiger partial charge in [0.15, 0.2) is 0 Å². The van der Waals surface area contributed by atoms with E-state index in [1.165, 1.54) is 4.90 Å². The van der Waals surface area contributed by atoms with Gasteiger partial charge in [-0.25, -0.2) is 0 Å². The maximum atomic E-state index is 12.5. The van der Waals surface area contributed by atoms with Crippen LogP contribution in [0.2, 0.25) is 0 Å². The van der Waals surface area contributed by atoms with Crippen molar-refractivity contribution in [2.75, 3.05) is 11.9 Å². The highest BCUT2D eigenvalue weighted by Crippen LogP contribution is 2.25. The predicted molar refractivity (Wildman–Crippen MR) is 90.8 cm³/mol. The van der Waals surface area contributed by atoms with E-state index < -0.39 is 0 Å².